The monoisotopic (exact) mass is 484 g/mol. The number of anilines is 1. The number of fused-ring (bicyclic) bond motifs is 2. The Morgan fingerprint density at radius 1 is 1.11 bits per heavy atom. The van der Waals surface area contributed by atoms with E-state index < -0.39 is 5.67 Å². The lowest BCUT2D eigenvalue weighted by atomic mass is 9.90. The van der Waals surface area contributed by atoms with E-state index in [1.54, 1.807) is 36.8 Å². The maximum absolute atomic E-state index is 14.9. The van der Waals surface area contributed by atoms with Gasteiger partial charge < -0.3 is 15.0 Å². The number of carbonyl (C=O) groups excluding carboxylic acids is 1. The molecular formula is C27H25FN6O2. The largest absolute Gasteiger partial charge is 0.373 e. The highest BCUT2D eigenvalue weighted by atomic mass is 19.1. The third-order valence-corrected chi connectivity index (χ3v) is 6.69. The van der Waals surface area contributed by atoms with E-state index in [0.717, 1.165) is 41.1 Å². The molecule has 182 valence electrons. The molecule has 36 heavy (non-hydrogen) atoms. The molecule has 0 radical (unpaired) electrons. The normalized spacial score (nSPS) is 19.0. The first-order valence-electron chi connectivity index (χ1n) is 12.0. The van der Waals surface area contributed by atoms with Crippen molar-refractivity contribution in [1.82, 2.24) is 25.3 Å². The Morgan fingerprint density at radius 3 is 2.83 bits per heavy atom. The average molecular weight is 485 g/mol. The van der Waals surface area contributed by atoms with Crippen LogP contribution in [0.1, 0.15) is 40.5 Å². The summed E-state index contributed by atoms with van der Waals surface area (Å²) in [5.74, 6) is 0.573. The van der Waals surface area contributed by atoms with Crippen LogP contribution in [0.2, 0.25) is 0 Å². The minimum Gasteiger partial charge on any atom is -0.373 e. The molecule has 0 spiro atoms. The van der Waals surface area contributed by atoms with Crippen molar-refractivity contribution < 1.29 is 13.9 Å². The van der Waals surface area contributed by atoms with Crippen molar-refractivity contribution in [2.45, 2.75) is 32.2 Å². The smallest absolute Gasteiger partial charge is 0.251 e. The summed E-state index contributed by atoms with van der Waals surface area (Å²) in [5, 5.41) is 3.77. The number of benzene rings is 1. The highest BCUT2D eigenvalue weighted by Crippen LogP contribution is 2.34. The van der Waals surface area contributed by atoms with E-state index in [0.29, 0.717) is 29.1 Å². The Hall–Kier alpha value is -3.98. The van der Waals surface area contributed by atoms with Crippen molar-refractivity contribution >= 4 is 22.6 Å². The van der Waals surface area contributed by atoms with Crippen LogP contribution in [0.15, 0.2) is 55.0 Å². The molecule has 1 fully saturated rings. The highest BCUT2D eigenvalue weighted by molar-refractivity contribution is 5.94. The highest BCUT2D eigenvalue weighted by Gasteiger charge is 2.33. The Bertz CT molecular complexity index is 1470. The molecule has 0 saturated carbocycles. The zero-order valence-electron chi connectivity index (χ0n) is 19.9. The van der Waals surface area contributed by atoms with Gasteiger partial charge in [-0.3, -0.25) is 14.8 Å². The fraction of sp³-hybridized carbons (Fsp3) is 0.296. The molecule has 1 N–H and O–H groups in total. The molecule has 8 nitrogen and oxygen atoms in total. The van der Waals surface area contributed by atoms with Gasteiger partial charge in [0, 0.05) is 30.2 Å². The summed E-state index contributed by atoms with van der Waals surface area (Å²) in [4.78, 5) is 33.3. The van der Waals surface area contributed by atoms with Gasteiger partial charge in [0.25, 0.3) is 5.91 Å². The quantitative estimate of drug-likeness (QED) is 0.459. The van der Waals surface area contributed by atoms with Gasteiger partial charge in [0.1, 0.15) is 11.5 Å². The number of hydrogen-bond donors (Lipinski definition) is 1. The van der Waals surface area contributed by atoms with Gasteiger partial charge in [0.15, 0.2) is 5.67 Å². The molecule has 1 atom stereocenters. The van der Waals surface area contributed by atoms with Crippen molar-refractivity contribution in [3.63, 3.8) is 0 Å². The number of rotatable bonds is 5. The number of aromatic nitrogens is 4. The summed E-state index contributed by atoms with van der Waals surface area (Å²) in [5.41, 5.74) is 2.92. The first kappa shape index (κ1) is 22.5. The molecule has 6 rings (SSSR count). The van der Waals surface area contributed by atoms with Gasteiger partial charge in [-0.2, -0.15) is 0 Å². The summed E-state index contributed by atoms with van der Waals surface area (Å²) in [6.07, 6.45) is 6.40. The van der Waals surface area contributed by atoms with Gasteiger partial charge in [-0.15, -0.1) is 0 Å². The molecule has 3 aromatic heterocycles. The van der Waals surface area contributed by atoms with Crippen LogP contribution >= 0.6 is 0 Å². The van der Waals surface area contributed by atoms with Gasteiger partial charge in [-0.05, 0) is 54.8 Å². The number of alkyl halides is 1. The Balaban J connectivity index is 1.20. The van der Waals surface area contributed by atoms with Crippen molar-refractivity contribution in [1.29, 1.82) is 0 Å². The van der Waals surface area contributed by atoms with Crippen LogP contribution in [0.5, 0.6) is 0 Å². The fourth-order valence-corrected chi connectivity index (χ4v) is 4.51. The summed E-state index contributed by atoms with van der Waals surface area (Å²) in [6, 6.07) is 10.8. The topological polar surface area (TPSA) is 93.1 Å². The third-order valence-electron chi connectivity index (χ3n) is 6.69. The molecule has 1 aromatic carbocycles. The van der Waals surface area contributed by atoms with E-state index in [1.165, 1.54) is 13.3 Å². The molecule has 2 aliphatic heterocycles. The number of ether oxygens (including phenoxy) is 1. The number of pyridine rings is 2. The van der Waals surface area contributed by atoms with Crippen LogP contribution in [-0.2, 0) is 23.6 Å². The maximum Gasteiger partial charge on any atom is 0.251 e. The van der Waals surface area contributed by atoms with Crippen molar-refractivity contribution in [2.75, 3.05) is 24.6 Å². The van der Waals surface area contributed by atoms with E-state index in [9.17, 15) is 9.18 Å². The number of halogens is 1. The van der Waals surface area contributed by atoms with E-state index in [4.69, 9.17) is 14.7 Å². The van der Waals surface area contributed by atoms with E-state index in [2.05, 4.69) is 20.2 Å². The van der Waals surface area contributed by atoms with E-state index in [-0.39, 0.29) is 19.1 Å². The zero-order valence-corrected chi connectivity index (χ0v) is 19.9. The summed E-state index contributed by atoms with van der Waals surface area (Å²) in [7, 11) is 0. The number of hydrogen-bond acceptors (Lipinski definition) is 7. The number of carbonyl (C=O) groups is 1. The maximum atomic E-state index is 14.9. The Kier molecular flexibility index (Phi) is 5.56. The SMILES string of the molecule is C[C@@]1(F)COCc2ccc(C(=O)NCc3cc4nc(-c5cncc(N6CCC6)n5)ccc4cn3)cc21. The Morgan fingerprint density at radius 2 is 2.00 bits per heavy atom. The van der Waals surface area contributed by atoms with Crippen molar-refractivity contribution in [3.8, 4) is 11.4 Å². The number of amides is 1. The molecular weight excluding hydrogens is 459 g/mol. The van der Waals surface area contributed by atoms with Crippen molar-refractivity contribution in [2.24, 2.45) is 0 Å². The summed E-state index contributed by atoms with van der Waals surface area (Å²) >= 11 is 0. The lowest BCUT2D eigenvalue weighted by Crippen LogP contribution is -2.37. The van der Waals surface area contributed by atoms with E-state index in [1.807, 2.05) is 18.2 Å². The molecule has 0 aliphatic carbocycles. The molecule has 1 saturated heterocycles. The summed E-state index contributed by atoms with van der Waals surface area (Å²) in [6.45, 7) is 4.02. The first-order chi connectivity index (χ1) is 17.5. The molecule has 0 unspecified atom stereocenters. The van der Waals surface area contributed by atoms with Crippen LogP contribution in [0, 0.1) is 0 Å². The number of nitrogens with one attached hydrogen (secondary N) is 1. The van der Waals surface area contributed by atoms with Gasteiger partial charge in [-0.1, -0.05) is 6.07 Å². The third kappa shape index (κ3) is 4.26. The molecule has 2 aliphatic rings. The van der Waals surface area contributed by atoms with Gasteiger partial charge >= 0.3 is 0 Å². The van der Waals surface area contributed by atoms with Gasteiger partial charge in [0.05, 0.1) is 49.1 Å². The van der Waals surface area contributed by atoms with Crippen LogP contribution in [0.25, 0.3) is 22.3 Å². The predicted molar refractivity (Wildman–Crippen MR) is 133 cm³/mol. The predicted octanol–water partition coefficient (Wildman–Crippen LogP) is 3.94. The van der Waals surface area contributed by atoms with Gasteiger partial charge in [0.2, 0.25) is 0 Å². The lowest BCUT2D eigenvalue weighted by molar-refractivity contribution is -0.00467. The minimum absolute atomic E-state index is 0.0186. The van der Waals surface area contributed by atoms with Crippen molar-refractivity contribution in [3.05, 3.63) is 77.4 Å². The minimum atomic E-state index is -1.62. The van der Waals surface area contributed by atoms with Crippen LogP contribution in [0.4, 0.5) is 10.2 Å². The molecule has 1 amide bonds. The van der Waals surface area contributed by atoms with Crippen LogP contribution in [0.3, 0.4) is 0 Å². The van der Waals surface area contributed by atoms with Crippen LogP contribution < -0.4 is 10.2 Å². The fourth-order valence-electron chi connectivity index (χ4n) is 4.51. The van der Waals surface area contributed by atoms with Crippen LogP contribution in [-0.4, -0.2) is 45.5 Å². The second kappa shape index (κ2) is 8.91. The average Bonchev–Trinajstić information content (AvgIpc) is 2.86. The first-order valence-corrected chi connectivity index (χ1v) is 12.0. The molecule has 5 heterocycles. The summed E-state index contributed by atoms with van der Waals surface area (Å²) < 4.78 is 20.2. The standard InChI is InChI=1S/C27H25FN6O2/c1-27(28)16-36-15-19-4-3-17(9-21(19)27)26(35)31-12-20-10-23-18(11-30-20)5-6-22(32-23)24-13-29-14-25(33-24)34-7-2-8-34/h3-6,9-11,13-14H,2,7-8,12,15-16H2,1H3,(H,31,35)/t27-/m1/s1. The lowest BCUT2D eigenvalue weighted by Gasteiger charge is -2.31. The number of nitrogens with zero attached hydrogens (tertiary/aromatic N) is 5. The molecule has 0 bridgehead atoms. The van der Waals surface area contributed by atoms with Gasteiger partial charge in [-0.25, -0.2) is 14.4 Å². The van der Waals surface area contributed by atoms with E-state index >= 15 is 0 Å². The Labute approximate surface area is 207 Å². The zero-order chi connectivity index (χ0) is 24.7. The molecule has 9 heteroatoms. The second-order valence-corrected chi connectivity index (χ2v) is 9.41. The molecule has 4 aromatic rings. The second-order valence-electron chi connectivity index (χ2n) is 9.41.